The molecule has 1 rings (SSSR count). The summed E-state index contributed by atoms with van der Waals surface area (Å²) in [5.41, 5.74) is 5.50. The highest BCUT2D eigenvalue weighted by Gasteiger charge is 2.25. The predicted octanol–water partition coefficient (Wildman–Crippen LogP) is 1.27. The van der Waals surface area contributed by atoms with E-state index >= 15 is 0 Å². The van der Waals surface area contributed by atoms with Crippen LogP contribution in [0.2, 0.25) is 0 Å². The van der Waals surface area contributed by atoms with E-state index in [1.807, 2.05) is 0 Å². The van der Waals surface area contributed by atoms with Crippen molar-refractivity contribution in [1.29, 1.82) is 0 Å². The van der Waals surface area contributed by atoms with Crippen LogP contribution >= 0.6 is 0 Å². The standard InChI is InChI=1S/C11H22N2O/c1-7-4-5-10(6-8(7)2)13-11(14)9(3)12/h7-10H,4-6,12H2,1-3H3,(H,13,14). The smallest absolute Gasteiger partial charge is 0.236 e. The van der Waals surface area contributed by atoms with Crippen LogP contribution in [-0.4, -0.2) is 18.0 Å². The number of carbonyl (C=O) groups excluding carboxylic acids is 1. The summed E-state index contributed by atoms with van der Waals surface area (Å²) in [5.74, 6) is 1.48. The highest BCUT2D eigenvalue weighted by atomic mass is 16.2. The fourth-order valence-electron chi connectivity index (χ4n) is 2.01. The van der Waals surface area contributed by atoms with Gasteiger partial charge in [0, 0.05) is 6.04 Å². The summed E-state index contributed by atoms with van der Waals surface area (Å²) in [5, 5.41) is 3.01. The number of carbonyl (C=O) groups is 1. The lowest BCUT2D eigenvalue weighted by molar-refractivity contribution is -0.123. The Balaban J connectivity index is 2.37. The number of nitrogens with two attached hydrogens (primary N) is 1. The monoisotopic (exact) mass is 198 g/mol. The maximum atomic E-state index is 11.4. The van der Waals surface area contributed by atoms with Crippen molar-refractivity contribution in [3.8, 4) is 0 Å². The van der Waals surface area contributed by atoms with Gasteiger partial charge in [-0.15, -0.1) is 0 Å². The molecule has 0 bridgehead atoms. The molecule has 4 atom stereocenters. The second kappa shape index (κ2) is 4.78. The van der Waals surface area contributed by atoms with Crippen molar-refractivity contribution < 1.29 is 4.79 Å². The van der Waals surface area contributed by atoms with Crippen molar-refractivity contribution >= 4 is 5.91 Å². The number of nitrogens with one attached hydrogen (secondary N) is 1. The molecule has 1 saturated carbocycles. The molecular formula is C11H22N2O. The second-order valence-corrected chi connectivity index (χ2v) is 4.76. The van der Waals surface area contributed by atoms with Gasteiger partial charge in [-0.05, 0) is 38.0 Å². The van der Waals surface area contributed by atoms with E-state index in [0.29, 0.717) is 12.0 Å². The van der Waals surface area contributed by atoms with Gasteiger partial charge in [-0.2, -0.15) is 0 Å². The van der Waals surface area contributed by atoms with Gasteiger partial charge in [0.15, 0.2) is 0 Å². The van der Waals surface area contributed by atoms with Crippen molar-refractivity contribution in [3.05, 3.63) is 0 Å². The number of amides is 1. The lowest BCUT2D eigenvalue weighted by Gasteiger charge is -2.32. The van der Waals surface area contributed by atoms with Crippen molar-refractivity contribution in [3.63, 3.8) is 0 Å². The lowest BCUT2D eigenvalue weighted by Crippen LogP contribution is -2.46. The third-order valence-electron chi connectivity index (χ3n) is 3.36. The Labute approximate surface area is 86.4 Å². The van der Waals surface area contributed by atoms with E-state index in [4.69, 9.17) is 5.73 Å². The van der Waals surface area contributed by atoms with Crippen LogP contribution in [0.15, 0.2) is 0 Å². The minimum Gasteiger partial charge on any atom is -0.352 e. The van der Waals surface area contributed by atoms with Gasteiger partial charge < -0.3 is 11.1 Å². The van der Waals surface area contributed by atoms with Gasteiger partial charge in [-0.25, -0.2) is 0 Å². The molecule has 14 heavy (non-hydrogen) atoms. The van der Waals surface area contributed by atoms with Crippen LogP contribution in [-0.2, 0) is 4.79 Å². The summed E-state index contributed by atoms with van der Waals surface area (Å²) < 4.78 is 0. The van der Waals surface area contributed by atoms with Crippen molar-refractivity contribution in [2.24, 2.45) is 17.6 Å². The Hall–Kier alpha value is -0.570. The maximum absolute atomic E-state index is 11.4. The van der Waals surface area contributed by atoms with Gasteiger partial charge in [0.25, 0.3) is 0 Å². The van der Waals surface area contributed by atoms with Crippen molar-refractivity contribution in [1.82, 2.24) is 5.32 Å². The summed E-state index contributed by atoms with van der Waals surface area (Å²) in [6, 6.07) is -0.0376. The molecule has 3 N–H and O–H groups in total. The second-order valence-electron chi connectivity index (χ2n) is 4.76. The highest BCUT2D eigenvalue weighted by molar-refractivity contribution is 5.81. The molecule has 1 aliphatic rings. The Kier molecular flexibility index (Phi) is 3.93. The molecule has 0 spiro atoms. The Morgan fingerprint density at radius 1 is 1.36 bits per heavy atom. The van der Waals surface area contributed by atoms with E-state index in [1.54, 1.807) is 6.92 Å². The van der Waals surface area contributed by atoms with E-state index in [9.17, 15) is 4.79 Å². The summed E-state index contributed by atoms with van der Waals surface area (Å²) in [7, 11) is 0. The Bertz CT molecular complexity index is 203. The van der Waals surface area contributed by atoms with E-state index in [-0.39, 0.29) is 11.9 Å². The van der Waals surface area contributed by atoms with Gasteiger partial charge in [-0.1, -0.05) is 13.8 Å². The first-order chi connectivity index (χ1) is 6.50. The van der Waals surface area contributed by atoms with Gasteiger partial charge in [0.1, 0.15) is 0 Å². The minimum atomic E-state index is -0.385. The normalized spacial score (nSPS) is 35.0. The quantitative estimate of drug-likeness (QED) is 0.702. The molecule has 3 heteroatoms. The number of hydrogen-bond acceptors (Lipinski definition) is 2. The lowest BCUT2D eigenvalue weighted by atomic mass is 9.79. The summed E-state index contributed by atoms with van der Waals surface area (Å²) in [6.07, 6.45) is 3.41. The zero-order valence-corrected chi connectivity index (χ0v) is 9.42. The molecular weight excluding hydrogens is 176 g/mol. The molecule has 0 aromatic heterocycles. The fraction of sp³-hybridized carbons (Fsp3) is 0.909. The fourth-order valence-corrected chi connectivity index (χ4v) is 2.01. The van der Waals surface area contributed by atoms with E-state index in [2.05, 4.69) is 19.2 Å². The van der Waals surface area contributed by atoms with Crippen LogP contribution in [0, 0.1) is 11.8 Å². The maximum Gasteiger partial charge on any atom is 0.236 e. The summed E-state index contributed by atoms with van der Waals surface area (Å²) >= 11 is 0. The molecule has 0 radical (unpaired) electrons. The molecule has 4 unspecified atom stereocenters. The summed E-state index contributed by atoms with van der Waals surface area (Å²) in [4.78, 5) is 11.4. The van der Waals surface area contributed by atoms with Gasteiger partial charge in [0.2, 0.25) is 5.91 Å². The number of rotatable bonds is 2. The molecule has 0 aromatic carbocycles. The first-order valence-corrected chi connectivity index (χ1v) is 5.56. The van der Waals surface area contributed by atoms with Crippen LogP contribution in [0.3, 0.4) is 0 Å². The van der Waals surface area contributed by atoms with Crippen LogP contribution in [0.4, 0.5) is 0 Å². The third-order valence-corrected chi connectivity index (χ3v) is 3.36. The van der Waals surface area contributed by atoms with Crippen LogP contribution < -0.4 is 11.1 Å². The van der Waals surface area contributed by atoms with E-state index in [1.165, 1.54) is 6.42 Å². The van der Waals surface area contributed by atoms with Crippen molar-refractivity contribution in [2.45, 2.75) is 52.1 Å². The third kappa shape index (κ3) is 2.98. The first-order valence-electron chi connectivity index (χ1n) is 5.56. The zero-order valence-electron chi connectivity index (χ0n) is 9.42. The molecule has 1 aliphatic carbocycles. The van der Waals surface area contributed by atoms with Crippen LogP contribution in [0.1, 0.15) is 40.0 Å². The van der Waals surface area contributed by atoms with Gasteiger partial charge >= 0.3 is 0 Å². The largest absolute Gasteiger partial charge is 0.352 e. The van der Waals surface area contributed by atoms with Crippen LogP contribution in [0.5, 0.6) is 0 Å². The Morgan fingerprint density at radius 2 is 2.00 bits per heavy atom. The number of hydrogen-bond donors (Lipinski definition) is 2. The van der Waals surface area contributed by atoms with Gasteiger partial charge in [-0.3, -0.25) is 4.79 Å². The molecule has 1 amide bonds. The van der Waals surface area contributed by atoms with Crippen molar-refractivity contribution in [2.75, 3.05) is 0 Å². The molecule has 0 saturated heterocycles. The average Bonchev–Trinajstić information content (AvgIpc) is 2.11. The predicted molar refractivity (Wildman–Crippen MR) is 57.8 cm³/mol. The topological polar surface area (TPSA) is 55.1 Å². The molecule has 82 valence electrons. The molecule has 0 heterocycles. The highest BCUT2D eigenvalue weighted by Crippen LogP contribution is 2.29. The molecule has 3 nitrogen and oxygen atoms in total. The SMILES string of the molecule is CC(N)C(=O)NC1CCC(C)C(C)C1. The zero-order chi connectivity index (χ0) is 10.7. The van der Waals surface area contributed by atoms with E-state index < -0.39 is 0 Å². The minimum absolute atomic E-state index is 0.0169. The van der Waals surface area contributed by atoms with Gasteiger partial charge in [0.05, 0.1) is 6.04 Å². The van der Waals surface area contributed by atoms with E-state index in [0.717, 1.165) is 18.8 Å². The Morgan fingerprint density at radius 3 is 2.50 bits per heavy atom. The molecule has 1 fully saturated rings. The molecule has 0 aliphatic heterocycles. The first kappa shape index (κ1) is 11.5. The molecule has 0 aromatic rings. The average molecular weight is 198 g/mol. The summed E-state index contributed by atoms with van der Waals surface area (Å²) in [6.45, 7) is 6.27. The van der Waals surface area contributed by atoms with Crippen LogP contribution in [0.25, 0.3) is 0 Å².